The molecule has 1 aromatic carbocycles. The van der Waals surface area contributed by atoms with Crippen LogP contribution in [-0.2, 0) is 16.0 Å². The van der Waals surface area contributed by atoms with Crippen molar-refractivity contribution in [2.24, 2.45) is 11.8 Å². The second-order valence-corrected chi connectivity index (χ2v) is 5.72. The summed E-state index contributed by atoms with van der Waals surface area (Å²) >= 11 is 3.41. The van der Waals surface area contributed by atoms with Crippen molar-refractivity contribution in [2.75, 3.05) is 11.4 Å². The van der Waals surface area contributed by atoms with Gasteiger partial charge in [-0.15, -0.1) is 0 Å². The van der Waals surface area contributed by atoms with E-state index >= 15 is 0 Å². The van der Waals surface area contributed by atoms with Crippen LogP contribution < -0.4 is 4.90 Å². The molecule has 1 amide bonds. The molecule has 2 aliphatic rings. The number of halogens is 1. The molecule has 0 aromatic heterocycles. The molecule has 1 heterocycles. The van der Waals surface area contributed by atoms with Crippen LogP contribution in [0, 0.1) is 11.8 Å². The lowest BCUT2D eigenvalue weighted by atomic mass is 10.2. The maximum atomic E-state index is 12.2. The lowest BCUT2D eigenvalue weighted by molar-refractivity contribution is -0.140. The molecule has 1 N–H and O–H groups in total. The molecule has 0 spiro atoms. The Morgan fingerprint density at radius 2 is 2.11 bits per heavy atom. The predicted molar refractivity (Wildman–Crippen MR) is 69.4 cm³/mol. The first-order valence-electron chi connectivity index (χ1n) is 5.90. The number of fused-ring (bicyclic) bond motifs is 1. The highest BCUT2D eigenvalue weighted by Crippen LogP contribution is 2.42. The highest BCUT2D eigenvalue weighted by atomic mass is 79.9. The van der Waals surface area contributed by atoms with Gasteiger partial charge in [-0.3, -0.25) is 9.59 Å². The van der Waals surface area contributed by atoms with Crippen LogP contribution in [-0.4, -0.2) is 23.5 Å². The summed E-state index contributed by atoms with van der Waals surface area (Å²) in [5.41, 5.74) is 2.07. The zero-order valence-electron chi connectivity index (χ0n) is 9.60. The van der Waals surface area contributed by atoms with Crippen LogP contribution in [0.2, 0.25) is 0 Å². The van der Waals surface area contributed by atoms with Gasteiger partial charge in [-0.1, -0.05) is 15.9 Å². The highest BCUT2D eigenvalue weighted by Gasteiger charge is 2.50. The third kappa shape index (κ3) is 1.82. The Labute approximate surface area is 113 Å². The monoisotopic (exact) mass is 309 g/mol. The molecular weight excluding hydrogens is 298 g/mol. The molecule has 1 saturated carbocycles. The summed E-state index contributed by atoms with van der Waals surface area (Å²) < 4.78 is 1.00. The van der Waals surface area contributed by atoms with E-state index in [0.717, 1.165) is 22.1 Å². The molecule has 1 fully saturated rings. The molecule has 5 heteroatoms. The van der Waals surface area contributed by atoms with Crippen LogP contribution in [0.4, 0.5) is 5.69 Å². The topological polar surface area (TPSA) is 57.6 Å². The number of aliphatic carboxylic acids is 1. The summed E-state index contributed by atoms with van der Waals surface area (Å²) in [5, 5.41) is 8.87. The van der Waals surface area contributed by atoms with Gasteiger partial charge in [-0.2, -0.15) is 0 Å². The van der Waals surface area contributed by atoms with Crippen molar-refractivity contribution >= 4 is 33.5 Å². The highest BCUT2D eigenvalue weighted by molar-refractivity contribution is 9.10. The molecule has 0 saturated heterocycles. The fourth-order valence-electron chi connectivity index (χ4n) is 2.54. The number of carbonyl (C=O) groups excluding carboxylic acids is 1. The van der Waals surface area contributed by atoms with Gasteiger partial charge in [0.15, 0.2) is 0 Å². The van der Waals surface area contributed by atoms with Crippen LogP contribution in [0.25, 0.3) is 0 Å². The summed E-state index contributed by atoms with van der Waals surface area (Å²) in [4.78, 5) is 24.8. The molecular formula is C13H12BrNO3. The van der Waals surface area contributed by atoms with Crippen LogP contribution >= 0.6 is 15.9 Å². The molecule has 1 aliphatic carbocycles. The molecule has 4 nitrogen and oxygen atoms in total. The van der Waals surface area contributed by atoms with E-state index in [1.807, 2.05) is 18.2 Å². The van der Waals surface area contributed by atoms with E-state index in [2.05, 4.69) is 15.9 Å². The number of carbonyl (C=O) groups is 2. The lowest BCUT2D eigenvalue weighted by Gasteiger charge is -2.17. The molecule has 0 radical (unpaired) electrons. The van der Waals surface area contributed by atoms with Crippen LogP contribution in [0.5, 0.6) is 0 Å². The molecule has 18 heavy (non-hydrogen) atoms. The number of carboxylic acids is 1. The Bertz CT molecular complexity index is 543. The maximum absolute atomic E-state index is 12.2. The molecule has 2 atom stereocenters. The Morgan fingerprint density at radius 3 is 2.78 bits per heavy atom. The number of benzene rings is 1. The SMILES string of the molecule is O=C(O)C1CC1C(=O)N1CCc2cc(Br)ccc21. The van der Waals surface area contributed by atoms with E-state index < -0.39 is 11.9 Å². The summed E-state index contributed by atoms with van der Waals surface area (Å²) in [6, 6.07) is 5.85. The molecule has 1 aromatic rings. The van der Waals surface area contributed by atoms with Gasteiger partial charge in [-0.05, 0) is 36.6 Å². The lowest BCUT2D eigenvalue weighted by Crippen LogP contribution is -2.31. The quantitative estimate of drug-likeness (QED) is 0.909. The van der Waals surface area contributed by atoms with E-state index in [1.165, 1.54) is 0 Å². The maximum Gasteiger partial charge on any atom is 0.307 e. The fraction of sp³-hybridized carbons (Fsp3) is 0.385. The van der Waals surface area contributed by atoms with Crippen molar-refractivity contribution in [1.82, 2.24) is 0 Å². The zero-order valence-corrected chi connectivity index (χ0v) is 11.2. The number of nitrogens with zero attached hydrogens (tertiary/aromatic N) is 1. The third-order valence-electron chi connectivity index (χ3n) is 3.63. The zero-order chi connectivity index (χ0) is 12.9. The van der Waals surface area contributed by atoms with E-state index in [-0.39, 0.29) is 11.8 Å². The Morgan fingerprint density at radius 1 is 1.33 bits per heavy atom. The van der Waals surface area contributed by atoms with Crippen LogP contribution in [0.15, 0.2) is 22.7 Å². The van der Waals surface area contributed by atoms with Crippen molar-refractivity contribution in [3.8, 4) is 0 Å². The Hall–Kier alpha value is -1.36. The van der Waals surface area contributed by atoms with E-state index in [1.54, 1.807) is 4.90 Å². The fourth-order valence-corrected chi connectivity index (χ4v) is 2.95. The number of carboxylic acid groups (broad SMARTS) is 1. The number of rotatable bonds is 2. The van der Waals surface area contributed by atoms with Gasteiger partial charge in [-0.25, -0.2) is 0 Å². The smallest absolute Gasteiger partial charge is 0.307 e. The van der Waals surface area contributed by atoms with Crippen molar-refractivity contribution in [2.45, 2.75) is 12.8 Å². The summed E-state index contributed by atoms with van der Waals surface area (Å²) in [6.07, 6.45) is 1.32. The normalized spacial score (nSPS) is 24.8. The van der Waals surface area contributed by atoms with Crippen LogP contribution in [0.3, 0.4) is 0 Å². The number of amides is 1. The minimum absolute atomic E-state index is 0.0385. The second-order valence-electron chi connectivity index (χ2n) is 4.80. The molecule has 94 valence electrons. The molecule has 2 unspecified atom stereocenters. The minimum atomic E-state index is -0.858. The van der Waals surface area contributed by atoms with Crippen molar-refractivity contribution in [3.63, 3.8) is 0 Å². The van der Waals surface area contributed by atoms with Crippen molar-refractivity contribution in [3.05, 3.63) is 28.2 Å². The van der Waals surface area contributed by atoms with E-state index in [4.69, 9.17) is 5.11 Å². The first-order chi connectivity index (χ1) is 8.58. The van der Waals surface area contributed by atoms with Crippen molar-refractivity contribution < 1.29 is 14.7 Å². The number of hydrogen-bond donors (Lipinski definition) is 1. The molecule has 1 aliphatic heterocycles. The van der Waals surface area contributed by atoms with E-state index in [0.29, 0.717) is 13.0 Å². The first kappa shape index (κ1) is 11.7. The average Bonchev–Trinajstić information content (AvgIpc) is 3.03. The van der Waals surface area contributed by atoms with Gasteiger partial charge in [0.25, 0.3) is 0 Å². The van der Waals surface area contributed by atoms with Gasteiger partial charge in [0.1, 0.15) is 0 Å². The minimum Gasteiger partial charge on any atom is -0.481 e. The average molecular weight is 310 g/mol. The molecule has 3 rings (SSSR count). The van der Waals surface area contributed by atoms with Gasteiger partial charge >= 0.3 is 5.97 Å². The van der Waals surface area contributed by atoms with E-state index in [9.17, 15) is 9.59 Å². The molecule has 0 bridgehead atoms. The van der Waals surface area contributed by atoms with Gasteiger partial charge in [0.2, 0.25) is 5.91 Å². The number of anilines is 1. The Balaban J connectivity index is 1.81. The largest absolute Gasteiger partial charge is 0.481 e. The summed E-state index contributed by atoms with van der Waals surface area (Å²) in [7, 11) is 0. The summed E-state index contributed by atoms with van der Waals surface area (Å²) in [5.74, 6) is -1.69. The van der Waals surface area contributed by atoms with Gasteiger partial charge in [0, 0.05) is 16.7 Å². The first-order valence-corrected chi connectivity index (χ1v) is 6.70. The summed E-state index contributed by atoms with van der Waals surface area (Å²) in [6.45, 7) is 0.660. The Kier molecular flexibility index (Phi) is 2.66. The van der Waals surface area contributed by atoms with Gasteiger partial charge < -0.3 is 10.0 Å². The second kappa shape index (κ2) is 4.09. The van der Waals surface area contributed by atoms with Crippen LogP contribution in [0.1, 0.15) is 12.0 Å². The van der Waals surface area contributed by atoms with Crippen molar-refractivity contribution in [1.29, 1.82) is 0 Å². The predicted octanol–water partition coefficient (Wildman–Crippen LogP) is 2.06. The number of hydrogen-bond acceptors (Lipinski definition) is 2. The van der Waals surface area contributed by atoms with Gasteiger partial charge in [0.05, 0.1) is 11.8 Å². The standard InChI is InChI=1S/C13H12BrNO3/c14-8-1-2-11-7(5-8)3-4-15(11)12(16)9-6-10(9)13(17)18/h1-2,5,9-10H,3-4,6H2,(H,17,18). The third-order valence-corrected chi connectivity index (χ3v) is 4.12.